The standard InChI is InChI=1S/C13H17F3N2O/c1-2-10-7(5-6-19-10)13(18-17)8-3-4-9(14)12(16)11(8)15/h3-4,7,10,13,18H,2,5-6,17H2,1H3. The number of hydrogen-bond acceptors (Lipinski definition) is 3. The second-order valence-corrected chi connectivity index (χ2v) is 4.68. The summed E-state index contributed by atoms with van der Waals surface area (Å²) in [5, 5.41) is 0. The van der Waals surface area contributed by atoms with E-state index in [-0.39, 0.29) is 17.6 Å². The Balaban J connectivity index is 2.34. The molecule has 6 heteroatoms. The van der Waals surface area contributed by atoms with Crippen LogP contribution in [0.5, 0.6) is 0 Å². The number of halogens is 3. The van der Waals surface area contributed by atoms with Crippen LogP contribution in [0.15, 0.2) is 12.1 Å². The Morgan fingerprint density at radius 2 is 2.11 bits per heavy atom. The van der Waals surface area contributed by atoms with Gasteiger partial charge in [0.15, 0.2) is 17.5 Å². The second-order valence-electron chi connectivity index (χ2n) is 4.68. The van der Waals surface area contributed by atoms with Gasteiger partial charge in [-0.15, -0.1) is 0 Å². The van der Waals surface area contributed by atoms with Crippen LogP contribution < -0.4 is 11.3 Å². The van der Waals surface area contributed by atoms with Gasteiger partial charge < -0.3 is 4.74 Å². The second kappa shape index (κ2) is 5.90. The lowest BCUT2D eigenvalue weighted by atomic mass is 9.87. The van der Waals surface area contributed by atoms with Crippen LogP contribution >= 0.6 is 0 Å². The maximum Gasteiger partial charge on any atom is 0.194 e. The van der Waals surface area contributed by atoms with E-state index in [9.17, 15) is 13.2 Å². The van der Waals surface area contributed by atoms with Crippen LogP contribution in [0, 0.1) is 23.4 Å². The first-order chi connectivity index (χ1) is 9.10. The van der Waals surface area contributed by atoms with E-state index >= 15 is 0 Å². The van der Waals surface area contributed by atoms with Gasteiger partial charge >= 0.3 is 0 Å². The van der Waals surface area contributed by atoms with Gasteiger partial charge in [0.1, 0.15) is 0 Å². The third-order valence-corrected chi connectivity index (χ3v) is 3.67. The summed E-state index contributed by atoms with van der Waals surface area (Å²) >= 11 is 0. The molecule has 106 valence electrons. The molecule has 1 aromatic rings. The smallest absolute Gasteiger partial charge is 0.194 e. The molecular weight excluding hydrogens is 257 g/mol. The van der Waals surface area contributed by atoms with E-state index in [0.717, 1.165) is 12.5 Å². The molecule has 2 rings (SSSR count). The van der Waals surface area contributed by atoms with Crippen molar-refractivity contribution in [3.05, 3.63) is 35.1 Å². The summed E-state index contributed by atoms with van der Waals surface area (Å²) in [4.78, 5) is 0. The van der Waals surface area contributed by atoms with Gasteiger partial charge in [0.25, 0.3) is 0 Å². The first-order valence-electron chi connectivity index (χ1n) is 6.31. The van der Waals surface area contributed by atoms with Crippen molar-refractivity contribution in [1.82, 2.24) is 5.43 Å². The topological polar surface area (TPSA) is 47.3 Å². The summed E-state index contributed by atoms with van der Waals surface area (Å²) in [7, 11) is 0. The Morgan fingerprint density at radius 3 is 2.74 bits per heavy atom. The predicted molar refractivity (Wildman–Crippen MR) is 64.5 cm³/mol. The van der Waals surface area contributed by atoms with E-state index in [2.05, 4.69) is 5.43 Å². The number of hydrazine groups is 1. The molecule has 1 saturated heterocycles. The maximum absolute atomic E-state index is 13.8. The van der Waals surface area contributed by atoms with Gasteiger partial charge in [0.2, 0.25) is 0 Å². The predicted octanol–water partition coefficient (Wildman–Crippen LogP) is 2.42. The number of ether oxygens (including phenoxy) is 1. The summed E-state index contributed by atoms with van der Waals surface area (Å²) in [5.41, 5.74) is 2.54. The molecule has 0 bridgehead atoms. The lowest BCUT2D eigenvalue weighted by Gasteiger charge is -2.27. The van der Waals surface area contributed by atoms with Gasteiger partial charge in [0.05, 0.1) is 12.1 Å². The van der Waals surface area contributed by atoms with Gasteiger partial charge in [-0.05, 0) is 18.9 Å². The highest BCUT2D eigenvalue weighted by Crippen LogP contribution is 2.36. The third-order valence-electron chi connectivity index (χ3n) is 3.67. The van der Waals surface area contributed by atoms with Crippen LogP contribution in [0.25, 0.3) is 0 Å². The first-order valence-corrected chi connectivity index (χ1v) is 6.31. The van der Waals surface area contributed by atoms with E-state index in [1.807, 2.05) is 6.92 Å². The Labute approximate surface area is 109 Å². The monoisotopic (exact) mass is 274 g/mol. The molecule has 1 aliphatic rings. The fourth-order valence-corrected chi connectivity index (χ4v) is 2.69. The molecule has 0 aromatic heterocycles. The van der Waals surface area contributed by atoms with E-state index < -0.39 is 23.5 Å². The largest absolute Gasteiger partial charge is 0.378 e. The molecule has 1 fully saturated rings. The Kier molecular flexibility index (Phi) is 4.44. The molecule has 3 unspecified atom stereocenters. The Morgan fingerprint density at radius 1 is 1.37 bits per heavy atom. The SMILES string of the molecule is CCC1OCCC1C(NN)c1ccc(F)c(F)c1F. The molecule has 0 amide bonds. The van der Waals surface area contributed by atoms with Crippen LogP contribution in [0.3, 0.4) is 0 Å². The molecule has 0 radical (unpaired) electrons. The molecular formula is C13H17F3N2O. The zero-order valence-corrected chi connectivity index (χ0v) is 10.6. The number of hydrogen-bond donors (Lipinski definition) is 2. The summed E-state index contributed by atoms with van der Waals surface area (Å²) in [6, 6.07) is 1.54. The van der Waals surface area contributed by atoms with Crippen LogP contribution in [-0.4, -0.2) is 12.7 Å². The van der Waals surface area contributed by atoms with Crippen molar-refractivity contribution in [2.45, 2.75) is 31.9 Å². The van der Waals surface area contributed by atoms with Gasteiger partial charge in [-0.25, -0.2) is 13.2 Å². The van der Waals surface area contributed by atoms with Crippen molar-refractivity contribution in [2.75, 3.05) is 6.61 Å². The fourth-order valence-electron chi connectivity index (χ4n) is 2.69. The van der Waals surface area contributed by atoms with Crippen molar-refractivity contribution < 1.29 is 17.9 Å². The van der Waals surface area contributed by atoms with Crippen LogP contribution in [0.1, 0.15) is 31.4 Å². The maximum atomic E-state index is 13.8. The van der Waals surface area contributed by atoms with E-state index in [4.69, 9.17) is 10.6 Å². The van der Waals surface area contributed by atoms with Gasteiger partial charge in [0, 0.05) is 18.1 Å². The molecule has 3 nitrogen and oxygen atoms in total. The normalized spacial score (nSPS) is 24.7. The van der Waals surface area contributed by atoms with E-state index in [1.54, 1.807) is 0 Å². The van der Waals surface area contributed by atoms with Gasteiger partial charge in [-0.1, -0.05) is 13.0 Å². The van der Waals surface area contributed by atoms with Crippen molar-refractivity contribution in [1.29, 1.82) is 0 Å². The van der Waals surface area contributed by atoms with Crippen molar-refractivity contribution >= 4 is 0 Å². The minimum Gasteiger partial charge on any atom is -0.378 e. The lowest BCUT2D eigenvalue weighted by molar-refractivity contribution is 0.0769. The highest BCUT2D eigenvalue weighted by molar-refractivity contribution is 5.24. The van der Waals surface area contributed by atoms with Gasteiger partial charge in [-0.3, -0.25) is 11.3 Å². The van der Waals surface area contributed by atoms with Gasteiger partial charge in [-0.2, -0.15) is 0 Å². The fraction of sp³-hybridized carbons (Fsp3) is 0.538. The summed E-state index contributed by atoms with van der Waals surface area (Å²) in [6.45, 7) is 2.52. The van der Waals surface area contributed by atoms with Crippen molar-refractivity contribution in [2.24, 2.45) is 11.8 Å². The molecule has 1 aromatic carbocycles. The van der Waals surface area contributed by atoms with Crippen LogP contribution in [0.2, 0.25) is 0 Å². The zero-order valence-electron chi connectivity index (χ0n) is 10.6. The molecule has 0 aliphatic carbocycles. The van der Waals surface area contributed by atoms with Crippen LogP contribution in [-0.2, 0) is 4.74 Å². The molecule has 0 saturated carbocycles. The number of rotatable bonds is 4. The summed E-state index contributed by atoms with van der Waals surface area (Å²) in [5.74, 6) is 1.55. The quantitative estimate of drug-likeness (QED) is 0.503. The average molecular weight is 274 g/mol. The third kappa shape index (κ3) is 2.61. The minimum absolute atomic E-state index is 0.0374. The molecule has 1 aliphatic heterocycles. The van der Waals surface area contributed by atoms with Crippen molar-refractivity contribution in [3.63, 3.8) is 0 Å². The molecule has 3 N–H and O–H groups in total. The molecule has 0 spiro atoms. The van der Waals surface area contributed by atoms with Crippen LogP contribution in [0.4, 0.5) is 13.2 Å². The molecule has 3 atom stereocenters. The highest BCUT2D eigenvalue weighted by Gasteiger charge is 2.36. The minimum atomic E-state index is -1.47. The first kappa shape index (κ1) is 14.3. The Hall–Kier alpha value is -1.11. The van der Waals surface area contributed by atoms with E-state index in [1.165, 1.54) is 6.07 Å². The summed E-state index contributed by atoms with van der Waals surface area (Å²) < 4.78 is 45.6. The summed E-state index contributed by atoms with van der Waals surface area (Å²) in [6.07, 6.45) is 1.40. The number of benzene rings is 1. The number of nitrogens with one attached hydrogen (secondary N) is 1. The van der Waals surface area contributed by atoms with Crippen molar-refractivity contribution in [3.8, 4) is 0 Å². The Bertz CT molecular complexity index is 456. The highest BCUT2D eigenvalue weighted by atomic mass is 19.2. The lowest BCUT2D eigenvalue weighted by Crippen LogP contribution is -2.37. The zero-order chi connectivity index (χ0) is 14.0. The average Bonchev–Trinajstić information content (AvgIpc) is 2.88. The molecule has 1 heterocycles. The van der Waals surface area contributed by atoms with E-state index in [0.29, 0.717) is 13.0 Å². The molecule has 19 heavy (non-hydrogen) atoms. The number of nitrogens with two attached hydrogens (primary N) is 1.